The molecule has 3 rings (SSSR count). The topological polar surface area (TPSA) is 54.5 Å². The van der Waals surface area contributed by atoms with Gasteiger partial charge in [-0.15, -0.1) is 0 Å². The molecule has 2 aromatic rings. The number of benzene rings is 1. The minimum Gasteiger partial charge on any atom is -0.372 e. The minimum atomic E-state index is -0.122. The second kappa shape index (κ2) is 8.95. The molecular weight excluding hydrogens is 362 g/mol. The van der Waals surface area contributed by atoms with Crippen molar-refractivity contribution < 1.29 is 9.53 Å². The summed E-state index contributed by atoms with van der Waals surface area (Å²) in [6.07, 6.45) is 2.01. The Morgan fingerprint density at radius 2 is 1.62 bits per heavy atom. The Hall–Kier alpha value is -2.40. The first-order valence-electron chi connectivity index (χ1n) is 10.6. The molecule has 5 nitrogen and oxygen atoms in total. The molecule has 1 aliphatic rings. The first-order chi connectivity index (χ1) is 13.8. The van der Waals surface area contributed by atoms with E-state index >= 15 is 0 Å². The van der Waals surface area contributed by atoms with Gasteiger partial charge >= 0.3 is 0 Å². The van der Waals surface area contributed by atoms with Crippen molar-refractivity contribution in [2.24, 2.45) is 0 Å². The van der Waals surface area contributed by atoms with Crippen LogP contribution < -0.4 is 10.2 Å². The number of anilines is 2. The Labute approximate surface area is 174 Å². The summed E-state index contributed by atoms with van der Waals surface area (Å²) in [6, 6.07) is 10.0. The third-order valence-electron chi connectivity index (χ3n) is 5.37. The zero-order chi connectivity index (χ0) is 21.1. The first-order valence-corrected chi connectivity index (χ1v) is 10.6. The average molecular weight is 396 g/mol. The van der Waals surface area contributed by atoms with E-state index in [0.29, 0.717) is 17.4 Å². The molecule has 1 N–H and O–H groups in total. The fraction of sp³-hybridized carbons (Fsp3) is 0.500. The zero-order valence-electron chi connectivity index (χ0n) is 18.4. The highest BCUT2D eigenvalue weighted by Gasteiger charge is 2.23. The number of nitrogens with zero attached hydrogens (tertiary/aromatic N) is 2. The van der Waals surface area contributed by atoms with E-state index in [2.05, 4.69) is 74.9 Å². The molecule has 1 aromatic carbocycles. The molecule has 2 unspecified atom stereocenters. The summed E-state index contributed by atoms with van der Waals surface area (Å²) >= 11 is 0. The van der Waals surface area contributed by atoms with Gasteiger partial charge in [-0.1, -0.05) is 45.9 Å². The molecule has 2 heterocycles. The van der Waals surface area contributed by atoms with Crippen LogP contribution in [0.5, 0.6) is 0 Å². The molecule has 0 saturated carbocycles. The van der Waals surface area contributed by atoms with Gasteiger partial charge in [-0.2, -0.15) is 0 Å². The highest BCUT2D eigenvalue weighted by atomic mass is 16.5. The fourth-order valence-corrected chi connectivity index (χ4v) is 3.95. The summed E-state index contributed by atoms with van der Waals surface area (Å²) in [7, 11) is 0. The van der Waals surface area contributed by atoms with Crippen LogP contribution in [0, 0.1) is 0 Å². The number of para-hydroxylation sites is 1. The Kier molecular flexibility index (Phi) is 6.58. The van der Waals surface area contributed by atoms with Crippen molar-refractivity contribution in [3.63, 3.8) is 0 Å². The Morgan fingerprint density at radius 1 is 1.03 bits per heavy atom. The van der Waals surface area contributed by atoms with Gasteiger partial charge in [0.05, 0.1) is 17.8 Å². The monoisotopic (exact) mass is 395 g/mol. The highest BCUT2D eigenvalue weighted by Crippen LogP contribution is 2.32. The number of pyridine rings is 1. The van der Waals surface area contributed by atoms with Crippen LogP contribution >= 0.6 is 0 Å². The molecule has 1 aromatic heterocycles. The van der Waals surface area contributed by atoms with E-state index < -0.39 is 0 Å². The van der Waals surface area contributed by atoms with Crippen LogP contribution in [0.1, 0.15) is 74.9 Å². The summed E-state index contributed by atoms with van der Waals surface area (Å²) < 4.78 is 5.79. The van der Waals surface area contributed by atoms with Crippen LogP contribution in [0.3, 0.4) is 0 Å². The minimum absolute atomic E-state index is 0.122. The molecule has 1 fully saturated rings. The molecule has 0 radical (unpaired) electrons. The van der Waals surface area contributed by atoms with Crippen LogP contribution in [0.4, 0.5) is 11.5 Å². The van der Waals surface area contributed by atoms with E-state index in [1.807, 2.05) is 12.1 Å². The normalized spacial score (nSPS) is 19.7. The van der Waals surface area contributed by atoms with Crippen LogP contribution in [0.15, 0.2) is 36.5 Å². The van der Waals surface area contributed by atoms with E-state index in [-0.39, 0.29) is 18.1 Å². The number of amides is 1. The van der Waals surface area contributed by atoms with Crippen LogP contribution in [-0.2, 0) is 4.74 Å². The van der Waals surface area contributed by atoms with E-state index in [4.69, 9.17) is 4.74 Å². The summed E-state index contributed by atoms with van der Waals surface area (Å²) in [5, 5.41) is 3.16. The maximum absolute atomic E-state index is 13.0. The van der Waals surface area contributed by atoms with Gasteiger partial charge < -0.3 is 15.0 Å². The number of nitrogens with one attached hydrogen (secondary N) is 1. The molecule has 0 aliphatic carbocycles. The first kappa shape index (κ1) is 21.3. The zero-order valence-corrected chi connectivity index (χ0v) is 18.4. The Morgan fingerprint density at radius 3 is 2.10 bits per heavy atom. The van der Waals surface area contributed by atoms with Crippen molar-refractivity contribution in [2.45, 2.75) is 65.6 Å². The molecule has 2 atom stereocenters. The van der Waals surface area contributed by atoms with Crippen molar-refractivity contribution in [1.29, 1.82) is 0 Å². The second-order valence-corrected chi connectivity index (χ2v) is 8.64. The van der Waals surface area contributed by atoms with Crippen molar-refractivity contribution >= 4 is 17.4 Å². The standard InChI is InChI=1S/C24H33N3O2/c1-15(2)20-8-7-9-21(16(3)4)23(20)26-24(28)19-10-11-22(25-12-19)27-13-17(5)29-18(6)14-27/h7-12,15-18H,13-14H2,1-6H3,(H,26,28). The van der Waals surface area contributed by atoms with E-state index in [9.17, 15) is 4.79 Å². The lowest BCUT2D eigenvalue weighted by Crippen LogP contribution is -2.45. The molecule has 5 heteroatoms. The summed E-state index contributed by atoms with van der Waals surface area (Å²) in [6.45, 7) is 14.4. The maximum atomic E-state index is 13.0. The van der Waals surface area contributed by atoms with Gasteiger partial charge in [0.2, 0.25) is 0 Å². The number of morpholine rings is 1. The van der Waals surface area contributed by atoms with E-state index in [1.165, 1.54) is 0 Å². The predicted molar refractivity (Wildman–Crippen MR) is 119 cm³/mol. The fourth-order valence-electron chi connectivity index (χ4n) is 3.95. The molecule has 1 amide bonds. The quantitative estimate of drug-likeness (QED) is 0.756. The molecular formula is C24H33N3O2. The molecule has 0 bridgehead atoms. The lowest BCUT2D eigenvalue weighted by atomic mass is 9.92. The van der Waals surface area contributed by atoms with Crippen LogP contribution in [0.2, 0.25) is 0 Å². The number of ether oxygens (including phenoxy) is 1. The number of hydrogen-bond donors (Lipinski definition) is 1. The largest absolute Gasteiger partial charge is 0.372 e. The van der Waals surface area contributed by atoms with Gasteiger partial charge in [0.25, 0.3) is 5.91 Å². The lowest BCUT2D eigenvalue weighted by Gasteiger charge is -2.36. The van der Waals surface area contributed by atoms with Gasteiger partial charge in [0.15, 0.2) is 0 Å². The summed E-state index contributed by atoms with van der Waals surface area (Å²) in [5.74, 6) is 1.42. The molecule has 1 aliphatic heterocycles. The number of carbonyl (C=O) groups excluding carboxylic acids is 1. The maximum Gasteiger partial charge on any atom is 0.257 e. The van der Waals surface area contributed by atoms with E-state index in [1.54, 1.807) is 6.20 Å². The highest BCUT2D eigenvalue weighted by molar-refractivity contribution is 6.05. The summed E-state index contributed by atoms with van der Waals surface area (Å²) in [4.78, 5) is 19.7. The van der Waals surface area contributed by atoms with Gasteiger partial charge in [0, 0.05) is 25.0 Å². The van der Waals surface area contributed by atoms with Gasteiger partial charge in [-0.25, -0.2) is 4.98 Å². The smallest absolute Gasteiger partial charge is 0.257 e. The van der Waals surface area contributed by atoms with Crippen molar-refractivity contribution in [1.82, 2.24) is 4.98 Å². The third kappa shape index (κ3) is 4.96. The number of hydrogen-bond acceptors (Lipinski definition) is 4. The average Bonchev–Trinajstić information content (AvgIpc) is 2.67. The lowest BCUT2D eigenvalue weighted by molar-refractivity contribution is -0.00546. The Balaban J connectivity index is 1.80. The van der Waals surface area contributed by atoms with Gasteiger partial charge in [-0.3, -0.25) is 4.79 Å². The molecule has 29 heavy (non-hydrogen) atoms. The SMILES string of the molecule is CC1CN(c2ccc(C(=O)Nc3c(C(C)C)cccc3C(C)C)cn2)CC(C)O1. The number of rotatable bonds is 5. The van der Waals surface area contributed by atoms with Crippen LogP contribution in [-0.4, -0.2) is 36.2 Å². The molecule has 156 valence electrons. The Bertz CT molecular complexity index is 809. The number of aromatic nitrogens is 1. The third-order valence-corrected chi connectivity index (χ3v) is 5.37. The van der Waals surface area contributed by atoms with Crippen LogP contribution in [0.25, 0.3) is 0 Å². The van der Waals surface area contributed by atoms with Crippen molar-refractivity contribution in [3.8, 4) is 0 Å². The predicted octanol–water partition coefficient (Wildman–Crippen LogP) is 5.19. The molecule has 0 spiro atoms. The van der Waals surface area contributed by atoms with E-state index in [0.717, 1.165) is 35.7 Å². The van der Waals surface area contributed by atoms with Crippen molar-refractivity contribution in [3.05, 3.63) is 53.2 Å². The van der Waals surface area contributed by atoms with Gasteiger partial charge in [-0.05, 0) is 48.9 Å². The van der Waals surface area contributed by atoms with Gasteiger partial charge in [0.1, 0.15) is 5.82 Å². The molecule has 1 saturated heterocycles. The van der Waals surface area contributed by atoms with Crippen molar-refractivity contribution in [2.75, 3.05) is 23.3 Å². The second-order valence-electron chi connectivity index (χ2n) is 8.64. The number of carbonyl (C=O) groups is 1. The summed E-state index contributed by atoms with van der Waals surface area (Å²) in [5.41, 5.74) is 3.81.